The van der Waals surface area contributed by atoms with Crippen LogP contribution in [0.4, 0.5) is 0 Å². The van der Waals surface area contributed by atoms with Crippen molar-refractivity contribution < 1.29 is 14.3 Å². The van der Waals surface area contributed by atoms with Gasteiger partial charge in [0.1, 0.15) is 13.2 Å². The van der Waals surface area contributed by atoms with Crippen molar-refractivity contribution >= 4 is 5.91 Å². The van der Waals surface area contributed by atoms with Crippen molar-refractivity contribution in [1.82, 2.24) is 5.32 Å². The van der Waals surface area contributed by atoms with Crippen molar-refractivity contribution in [3.8, 4) is 11.5 Å². The lowest BCUT2D eigenvalue weighted by Gasteiger charge is -2.31. The van der Waals surface area contributed by atoms with E-state index in [1.807, 2.05) is 18.2 Å². The maximum atomic E-state index is 11.6. The first-order valence-electron chi connectivity index (χ1n) is 6.68. The number of hydrogen-bond donors (Lipinski definition) is 2. The van der Waals surface area contributed by atoms with E-state index in [1.165, 1.54) is 0 Å². The Bertz CT molecular complexity index is 490. The molecule has 19 heavy (non-hydrogen) atoms. The van der Waals surface area contributed by atoms with Crippen LogP contribution in [-0.2, 0) is 4.79 Å². The zero-order valence-corrected chi connectivity index (χ0v) is 10.7. The number of carbonyl (C=O) groups is 1. The third kappa shape index (κ3) is 2.38. The molecule has 3 rings (SSSR count). The van der Waals surface area contributed by atoms with E-state index >= 15 is 0 Å². The fraction of sp³-hybridized carbons (Fsp3) is 0.500. The highest BCUT2D eigenvalue weighted by Gasteiger charge is 2.31. The summed E-state index contributed by atoms with van der Waals surface area (Å²) >= 11 is 0. The molecule has 1 aromatic carbocycles. The fourth-order valence-corrected chi connectivity index (χ4v) is 2.80. The van der Waals surface area contributed by atoms with Gasteiger partial charge in [0.05, 0.1) is 5.92 Å². The summed E-state index contributed by atoms with van der Waals surface area (Å²) in [5, 5.41) is 3.38. The minimum Gasteiger partial charge on any atom is -0.486 e. The molecule has 0 radical (unpaired) electrons. The van der Waals surface area contributed by atoms with Crippen LogP contribution in [0.3, 0.4) is 0 Å². The minimum atomic E-state index is -0.243. The molecule has 2 aliphatic rings. The van der Waals surface area contributed by atoms with Gasteiger partial charge in [-0.15, -0.1) is 0 Å². The molecule has 102 valence electrons. The van der Waals surface area contributed by atoms with Gasteiger partial charge in [0.15, 0.2) is 11.5 Å². The summed E-state index contributed by atoms with van der Waals surface area (Å²) in [6.45, 7) is 2.05. The first-order valence-corrected chi connectivity index (χ1v) is 6.68. The Morgan fingerprint density at radius 1 is 1.26 bits per heavy atom. The van der Waals surface area contributed by atoms with E-state index in [0.29, 0.717) is 13.2 Å². The van der Waals surface area contributed by atoms with E-state index in [0.717, 1.165) is 36.4 Å². The van der Waals surface area contributed by atoms with Gasteiger partial charge in [-0.05, 0) is 37.1 Å². The van der Waals surface area contributed by atoms with Crippen LogP contribution < -0.4 is 20.5 Å². The number of benzene rings is 1. The number of primary amides is 1. The summed E-state index contributed by atoms with van der Waals surface area (Å²) in [4.78, 5) is 11.6. The number of nitrogens with two attached hydrogens (primary N) is 1. The van der Waals surface area contributed by atoms with E-state index in [-0.39, 0.29) is 17.9 Å². The predicted molar refractivity (Wildman–Crippen MR) is 70.1 cm³/mol. The zero-order chi connectivity index (χ0) is 13.2. The van der Waals surface area contributed by atoms with Gasteiger partial charge in [0, 0.05) is 6.04 Å². The molecule has 1 amide bonds. The van der Waals surface area contributed by atoms with E-state index in [2.05, 4.69) is 5.32 Å². The van der Waals surface area contributed by atoms with Gasteiger partial charge < -0.3 is 20.5 Å². The van der Waals surface area contributed by atoms with Gasteiger partial charge in [-0.3, -0.25) is 4.79 Å². The largest absolute Gasteiger partial charge is 0.486 e. The Kier molecular flexibility index (Phi) is 3.29. The molecule has 2 aliphatic heterocycles. The standard InChI is InChI=1S/C14H18N2O3/c15-14(17)10-2-1-5-16-13(10)9-3-4-11-12(8-9)19-7-6-18-11/h3-4,8,10,13,16H,1-2,5-7H2,(H2,15,17). The van der Waals surface area contributed by atoms with Crippen molar-refractivity contribution in [2.75, 3.05) is 19.8 Å². The Morgan fingerprint density at radius 2 is 2.05 bits per heavy atom. The smallest absolute Gasteiger partial charge is 0.222 e. The van der Waals surface area contributed by atoms with Crippen molar-refractivity contribution in [2.45, 2.75) is 18.9 Å². The lowest BCUT2D eigenvalue weighted by Crippen LogP contribution is -2.41. The molecular formula is C14H18N2O3. The third-order valence-corrected chi connectivity index (χ3v) is 3.75. The number of ether oxygens (including phenoxy) is 2. The Morgan fingerprint density at radius 3 is 2.84 bits per heavy atom. The number of carbonyl (C=O) groups excluding carboxylic acids is 1. The van der Waals surface area contributed by atoms with Crippen molar-refractivity contribution in [3.63, 3.8) is 0 Å². The van der Waals surface area contributed by atoms with Crippen LogP contribution >= 0.6 is 0 Å². The lowest BCUT2D eigenvalue weighted by molar-refractivity contribution is -0.123. The van der Waals surface area contributed by atoms with Crippen LogP contribution in [0, 0.1) is 5.92 Å². The number of nitrogens with one attached hydrogen (secondary N) is 1. The summed E-state index contributed by atoms with van der Waals surface area (Å²) in [7, 11) is 0. The average Bonchev–Trinajstić information content (AvgIpc) is 2.46. The third-order valence-electron chi connectivity index (χ3n) is 3.75. The topological polar surface area (TPSA) is 73.6 Å². The van der Waals surface area contributed by atoms with Gasteiger partial charge in [-0.2, -0.15) is 0 Å². The van der Waals surface area contributed by atoms with Crippen molar-refractivity contribution in [3.05, 3.63) is 23.8 Å². The monoisotopic (exact) mass is 262 g/mol. The Balaban J connectivity index is 1.89. The second-order valence-electron chi connectivity index (χ2n) is 4.99. The normalized spacial score (nSPS) is 25.9. The molecule has 0 saturated carbocycles. The molecule has 1 fully saturated rings. The summed E-state index contributed by atoms with van der Waals surface area (Å²) in [5.74, 6) is 1.11. The molecule has 0 spiro atoms. The fourth-order valence-electron chi connectivity index (χ4n) is 2.80. The van der Waals surface area contributed by atoms with E-state index in [4.69, 9.17) is 15.2 Å². The zero-order valence-electron chi connectivity index (χ0n) is 10.7. The minimum absolute atomic E-state index is 0.0259. The van der Waals surface area contributed by atoms with Gasteiger partial charge >= 0.3 is 0 Å². The van der Waals surface area contributed by atoms with Gasteiger partial charge in [0.2, 0.25) is 5.91 Å². The summed E-state index contributed by atoms with van der Waals surface area (Å²) < 4.78 is 11.1. The molecule has 0 aliphatic carbocycles. The van der Waals surface area contributed by atoms with E-state index < -0.39 is 0 Å². The quantitative estimate of drug-likeness (QED) is 0.833. The number of amides is 1. The van der Waals surface area contributed by atoms with E-state index in [1.54, 1.807) is 0 Å². The lowest BCUT2D eigenvalue weighted by atomic mass is 9.85. The molecule has 5 heteroatoms. The van der Waals surface area contributed by atoms with Gasteiger partial charge in [0.25, 0.3) is 0 Å². The molecule has 1 aromatic rings. The molecular weight excluding hydrogens is 244 g/mol. The predicted octanol–water partition coefficient (Wildman–Crippen LogP) is 0.984. The number of rotatable bonds is 2. The number of hydrogen-bond acceptors (Lipinski definition) is 4. The number of piperidine rings is 1. The van der Waals surface area contributed by atoms with Crippen LogP contribution in [0.5, 0.6) is 11.5 Å². The molecule has 2 unspecified atom stereocenters. The SMILES string of the molecule is NC(=O)C1CCCNC1c1ccc2c(c1)OCCO2. The second kappa shape index (κ2) is 5.09. The highest BCUT2D eigenvalue weighted by molar-refractivity contribution is 5.78. The molecule has 1 saturated heterocycles. The van der Waals surface area contributed by atoms with E-state index in [9.17, 15) is 4.79 Å². The maximum absolute atomic E-state index is 11.6. The molecule has 0 aromatic heterocycles. The summed E-state index contributed by atoms with van der Waals surface area (Å²) in [6, 6.07) is 5.81. The average molecular weight is 262 g/mol. The first-order chi connectivity index (χ1) is 9.25. The molecule has 3 N–H and O–H groups in total. The van der Waals surface area contributed by atoms with Crippen molar-refractivity contribution in [2.24, 2.45) is 11.7 Å². The first kappa shape index (κ1) is 12.3. The van der Waals surface area contributed by atoms with Gasteiger partial charge in [-0.1, -0.05) is 6.07 Å². The van der Waals surface area contributed by atoms with Crippen LogP contribution in [0.1, 0.15) is 24.4 Å². The Labute approximate surface area is 112 Å². The molecule has 2 atom stereocenters. The van der Waals surface area contributed by atoms with Gasteiger partial charge in [-0.25, -0.2) is 0 Å². The number of fused-ring (bicyclic) bond motifs is 1. The molecule has 2 heterocycles. The maximum Gasteiger partial charge on any atom is 0.222 e. The van der Waals surface area contributed by atoms with Crippen LogP contribution in [0.15, 0.2) is 18.2 Å². The molecule has 0 bridgehead atoms. The molecule has 5 nitrogen and oxygen atoms in total. The highest BCUT2D eigenvalue weighted by atomic mass is 16.6. The van der Waals surface area contributed by atoms with Crippen molar-refractivity contribution in [1.29, 1.82) is 0 Å². The summed E-state index contributed by atoms with van der Waals surface area (Å²) in [5.41, 5.74) is 6.53. The van der Waals surface area contributed by atoms with Crippen LogP contribution in [0.25, 0.3) is 0 Å². The summed E-state index contributed by atoms with van der Waals surface area (Å²) in [6.07, 6.45) is 1.82. The highest BCUT2D eigenvalue weighted by Crippen LogP contribution is 2.36. The van der Waals surface area contributed by atoms with Crippen LogP contribution in [-0.4, -0.2) is 25.7 Å². The Hall–Kier alpha value is -1.75. The second-order valence-corrected chi connectivity index (χ2v) is 4.99. The van der Waals surface area contributed by atoms with Crippen LogP contribution in [0.2, 0.25) is 0 Å².